The Hall–Kier alpha value is -1.98. The highest BCUT2D eigenvalue weighted by molar-refractivity contribution is 8.27. The van der Waals surface area contributed by atoms with Crippen molar-refractivity contribution in [3.8, 4) is 0 Å². The first-order valence-electron chi connectivity index (χ1n) is 7.59. The van der Waals surface area contributed by atoms with E-state index in [0.717, 1.165) is 5.56 Å². The fourth-order valence-corrected chi connectivity index (χ4v) is 3.73. The largest absolute Gasteiger partial charge is 0.270 e. The van der Waals surface area contributed by atoms with E-state index >= 15 is 0 Å². The van der Waals surface area contributed by atoms with Gasteiger partial charge in [-0.2, -0.15) is 0 Å². The predicted molar refractivity (Wildman–Crippen MR) is 103 cm³/mol. The van der Waals surface area contributed by atoms with Crippen LogP contribution in [-0.2, 0) is 4.79 Å². The van der Waals surface area contributed by atoms with Crippen LogP contribution in [0.15, 0.2) is 53.4 Å². The minimum Gasteiger partial charge on any atom is -0.268 e. The Balaban J connectivity index is 1.88. The molecule has 3 rings (SSSR count). The lowest BCUT2D eigenvalue weighted by Crippen LogP contribution is -2.27. The summed E-state index contributed by atoms with van der Waals surface area (Å²) in [5, 5.41) is 0. The lowest BCUT2D eigenvalue weighted by molar-refractivity contribution is -0.113. The van der Waals surface area contributed by atoms with Crippen LogP contribution in [0, 0.1) is 5.82 Å². The summed E-state index contributed by atoms with van der Waals surface area (Å²) >= 11 is 6.53. The predicted octanol–water partition coefficient (Wildman–Crippen LogP) is 5.35. The van der Waals surface area contributed by atoms with E-state index < -0.39 is 5.82 Å². The number of nitrogens with zero attached hydrogens (tertiary/aromatic N) is 1. The summed E-state index contributed by atoms with van der Waals surface area (Å²) in [6, 6.07) is 14.0. The molecule has 1 saturated heterocycles. The molecule has 0 bridgehead atoms. The summed E-state index contributed by atoms with van der Waals surface area (Å²) in [5.41, 5.74) is 2.65. The third kappa shape index (κ3) is 3.42. The van der Waals surface area contributed by atoms with Crippen molar-refractivity contribution >= 4 is 46.0 Å². The summed E-state index contributed by atoms with van der Waals surface area (Å²) in [4.78, 5) is 14.5. The summed E-state index contributed by atoms with van der Waals surface area (Å²) in [6.45, 7) is 4.28. The Morgan fingerprint density at radius 3 is 2.50 bits per heavy atom. The van der Waals surface area contributed by atoms with Crippen LogP contribution in [0.1, 0.15) is 30.9 Å². The molecule has 0 unspecified atom stereocenters. The Morgan fingerprint density at radius 1 is 1.17 bits per heavy atom. The third-order valence-corrected chi connectivity index (χ3v) is 5.06. The SMILES string of the molecule is CC(C)c1ccc(/C=C2\SC(=S)N(c3cccc(F)c3)C2=O)cc1. The molecule has 0 aliphatic carbocycles. The van der Waals surface area contributed by atoms with Gasteiger partial charge in [0.1, 0.15) is 5.82 Å². The highest BCUT2D eigenvalue weighted by Gasteiger charge is 2.33. The van der Waals surface area contributed by atoms with Crippen molar-refractivity contribution in [2.45, 2.75) is 19.8 Å². The maximum absolute atomic E-state index is 13.4. The number of thioether (sulfide) groups is 1. The van der Waals surface area contributed by atoms with Crippen LogP contribution in [0.25, 0.3) is 6.08 Å². The number of amides is 1. The average Bonchev–Trinajstić information content (AvgIpc) is 2.82. The molecule has 0 N–H and O–H groups in total. The van der Waals surface area contributed by atoms with Gasteiger partial charge in [-0.1, -0.05) is 68.2 Å². The third-order valence-electron chi connectivity index (χ3n) is 3.76. The fraction of sp³-hybridized carbons (Fsp3) is 0.158. The number of thiocarbonyl (C=S) groups is 1. The maximum Gasteiger partial charge on any atom is 0.270 e. The van der Waals surface area contributed by atoms with E-state index in [9.17, 15) is 9.18 Å². The number of hydrogen-bond acceptors (Lipinski definition) is 3. The number of anilines is 1. The molecule has 1 heterocycles. The standard InChI is InChI=1S/C19H16FNOS2/c1-12(2)14-8-6-13(7-9-14)10-17-18(22)21(19(23)24-17)16-5-3-4-15(20)11-16/h3-12H,1-2H3/b17-10-. The second-order valence-corrected chi connectivity index (χ2v) is 7.49. The van der Waals surface area contributed by atoms with Crippen molar-refractivity contribution in [1.29, 1.82) is 0 Å². The lowest BCUT2D eigenvalue weighted by Gasteiger charge is -2.14. The molecule has 1 aliphatic rings. The Labute approximate surface area is 150 Å². The van der Waals surface area contributed by atoms with Crippen LogP contribution < -0.4 is 4.90 Å². The van der Waals surface area contributed by atoms with E-state index in [-0.39, 0.29) is 5.91 Å². The first-order valence-corrected chi connectivity index (χ1v) is 8.81. The molecule has 0 aromatic heterocycles. The highest BCUT2D eigenvalue weighted by Crippen LogP contribution is 2.36. The van der Waals surface area contributed by atoms with Gasteiger partial charge in [0.25, 0.3) is 5.91 Å². The molecule has 2 nitrogen and oxygen atoms in total. The molecular weight excluding hydrogens is 341 g/mol. The first-order chi connectivity index (χ1) is 11.5. The smallest absolute Gasteiger partial charge is 0.268 e. The van der Waals surface area contributed by atoms with E-state index in [1.54, 1.807) is 12.1 Å². The number of hydrogen-bond donors (Lipinski definition) is 0. The van der Waals surface area contributed by atoms with Crippen LogP contribution in [0.2, 0.25) is 0 Å². The zero-order chi connectivity index (χ0) is 17.3. The van der Waals surface area contributed by atoms with Gasteiger partial charge in [-0.25, -0.2) is 4.39 Å². The summed E-state index contributed by atoms with van der Waals surface area (Å²) < 4.78 is 13.8. The molecule has 1 aliphatic heterocycles. The van der Waals surface area contributed by atoms with Crippen LogP contribution in [0.4, 0.5) is 10.1 Å². The molecule has 1 amide bonds. The highest BCUT2D eigenvalue weighted by atomic mass is 32.2. The zero-order valence-electron chi connectivity index (χ0n) is 13.3. The van der Waals surface area contributed by atoms with Gasteiger partial charge in [0.05, 0.1) is 10.6 Å². The van der Waals surface area contributed by atoms with E-state index in [1.165, 1.54) is 34.4 Å². The molecule has 0 atom stereocenters. The molecule has 0 radical (unpaired) electrons. The number of halogens is 1. The molecule has 0 spiro atoms. The van der Waals surface area contributed by atoms with Crippen molar-refractivity contribution in [2.75, 3.05) is 4.90 Å². The quantitative estimate of drug-likeness (QED) is 0.545. The van der Waals surface area contributed by atoms with Crippen LogP contribution in [-0.4, -0.2) is 10.2 Å². The van der Waals surface area contributed by atoms with E-state index in [4.69, 9.17) is 12.2 Å². The van der Waals surface area contributed by atoms with Crippen molar-refractivity contribution in [3.63, 3.8) is 0 Å². The second kappa shape index (κ2) is 6.87. The lowest BCUT2D eigenvalue weighted by atomic mass is 10.0. The molecule has 1 fully saturated rings. The van der Waals surface area contributed by atoms with Crippen molar-refractivity contribution in [3.05, 3.63) is 70.4 Å². The number of carbonyl (C=O) groups is 1. The second-order valence-electron chi connectivity index (χ2n) is 5.82. The minimum atomic E-state index is -0.394. The molecule has 5 heteroatoms. The van der Waals surface area contributed by atoms with E-state index in [0.29, 0.717) is 20.8 Å². The Morgan fingerprint density at radius 2 is 1.88 bits per heavy atom. The number of carbonyl (C=O) groups excluding carboxylic acids is 1. The molecule has 2 aromatic carbocycles. The van der Waals surface area contributed by atoms with Gasteiger partial charge in [-0.05, 0) is 41.3 Å². The number of benzene rings is 2. The van der Waals surface area contributed by atoms with Crippen LogP contribution in [0.5, 0.6) is 0 Å². The summed E-state index contributed by atoms with van der Waals surface area (Å²) in [6.07, 6.45) is 1.82. The van der Waals surface area contributed by atoms with Crippen LogP contribution in [0.3, 0.4) is 0 Å². The minimum absolute atomic E-state index is 0.219. The molecular formula is C19H16FNOS2. The Bertz CT molecular complexity index is 828. The topological polar surface area (TPSA) is 20.3 Å². The summed E-state index contributed by atoms with van der Waals surface area (Å²) in [7, 11) is 0. The monoisotopic (exact) mass is 357 g/mol. The van der Waals surface area contributed by atoms with Crippen molar-refractivity contribution in [2.24, 2.45) is 0 Å². The van der Waals surface area contributed by atoms with Gasteiger partial charge in [-0.15, -0.1) is 0 Å². The van der Waals surface area contributed by atoms with Gasteiger partial charge >= 0.3 is 0 Å². The van der Waals surface area contributed by atoms with E-state index in [1.807, 2.05) is 18.2 Å². The summed E-state index contributed by atoms with van der Waals surface area (Å²) in [5.74, 6) is -0.149. The van der Waals surface area contributed by atoms with Gasteiger partial charge in [0.2, 0.25) is 0 Å². The molecule has 2 aromatic rings. The molecule has 0 saturated carbocycles. The van der Waals surface area contributed by atoms with Crippen molar-refractivity contribution < 1.29 is 9.18 Å². The molecule has 122 valence electrons. The fourth-order valence-electron chi connectivity index (χ4n) is 2.43. The number of rotatable bonds is 3. The van der Waals surface area contributed by atoms with Gasteiger partial charge in [0.15, 0.2) is 4.32 Å². The van der Waals surface area contributed by atoms with Gasteiger partial charge in [0, 0.05) is 0 Å². The average molecular weight is 357 g/mol. The normalized spacial score (nSPS) is 16.5. The van der Waals surface area contributed by atoms with Gasteiger partial charge < -0.3 is 0 Å². The van der Waals surface area contributed by atoms with Crippen molar-refractivity contribution in [1.82, 2.24) is 0 Å². The van der Waals surface area contributed by atoms with E-state index in [2.05, 4.69) is 26.0 Å². The first kappa shape index (κ1) is 16.9. The maximum atomic E-state index is 13.4. The van der Waals surface area contributed by atoms with Gasteiger partial charge in [-0.3, -0.25) is 9.69 Å². The van der Waals surface area contributed by atoms with Crippen LogP contribution >= 0.6 is 24.0 Å². The molecule has 24 heavy (non-hydrogen) atoms. The Kier molecular flexibility index (Phi) is 4.83. The zero-order valence-corrected chi connectivity index (χ0v) is 15.0.